The van der Waals surface area contributed by atoms with Crippen LogP contribution >= 0.6 is 0 Å². The lowest BCUT2D eigenvalue weighted by atomic mass is 9.79. The summed E-state index contributed by atoms with van der Waals surface area (Å²) in [4.78, 5) is 19.1. The van der Waals surface area contributed by atoms with Crippen molar-refractivity contribution in [2.45, 2.75) is 40.2 Å². The summed E-state index contributed by atoms with van der Waals surface area (Å²) >= 11 is 0. The van der Waals surface area contributed by atoms with E-state index in [0.717, 1.165) is 61.2 Å². The average molecular weight is 473 g/mol. The van der Waals surface area contributed by atoms with Crippen LogP contribution in [0.3, 0.4) is 0 Å². The molecule has 3 heterocycles. The zero-order valence-corrected chi connectivity index (χ0v) is 21.4. The second kappa shape index (κ2) is 8.91. The number of hydrogen-bond acceptors (Lipinski definition) is 7. The van der Waals surface area contributed by atoms with Gasteiger partial charge in [0, 0.05) is 44.6 Å². The molecule has 3 aromatic rings. The van der Waals surface area contributed by atoms with Crippen LogP contribution in [0.5, 0.6) is 0 Å². The minimum Gasteiger partial charge on any atom is -0.399 e. The first kappa shape index (κ1) is 23.2. The molecule has 5 rings (SSSR count). The summed E-state index contributed by atoms with van der Waals surface area (Å²) in [6.07, 6.45) is 7.29. The van der Waals surface area contributed by atoms with Gasteiger partial charge in [0.25, 0.3) is 0 Å². The first-order valence-electron chi connectivity index (χ1n) is 12.4. The molecule has 0 amide bonds. The summed E-state index contributed by atoms with van der Waals surface area (Å²) in [6.45, 7) is 12.5. The molecule has 35 heavy (non-hydrogen) atoms. The Hall–Kier alpha value is -3.55. The molecule has 8 nitrogen and oxygen atoms in total. The van der Waals surface area contributed by atoms with Crippen LogP contribution in [-0.2, 0) is 7.05 Å². The number of benzene rings is 1. The number of piperazine rings is 1. The predicted molar refractivity (Wildman–Crippen MR) is 145 cm³/mol. The fraction of sp³-hybridized carbons (Fsp3) is 0.444. The Morgan fingerprint density at radius 2 is 1.66 bits per heavy atom. The van der Waals surface area contributed by atoms with E-state index in [4.69, 9.17) is 15.7 Å². The van der Waals surface area contributed by atoms with Crippen molar-refractivity contribution in [1.82, 2.24) is 19.5 Å². The van der Waals surface area contributed by atoms with E-state index in [-0.39, 0.29) is 11.5 Å². The van der Waals surface area contributed by atoms with Crippen molar-refractivity contribution < 1.29 is 0 Å². The number of nitrogen functional groups attached to an aromatic ring is 1. The first-order valence-corrected chi connectivity index (χ1v) is 12.4. The molecular formula is C27H36N8. The van der Waals surface area contributed by atoms with Gasteiger partial charge in [0.05, 0.1) is 12.4 Å². The minimum atomic E-state index is 0.139. The van der Waals surface area contributed by atoms with E-state index in [1.807, 2.05) is 30.1 Å². The smallest absolute Gasteiger partial charge is 0.229 e. The predicted octanol–water partition coefficient (Wildman–Crippen LogP) is 4.38. The highest BCUT2D eigenvalue weighted by Crippen LogP contribution is 2.35. The van der Waals surface area contributed by atoms with Gasteiger partial charge >= 0.3 is 0 Å². The number of anilines is 4. The number of fused-ring (bicyclic) bond motifs is 1. The largest absolute Gasteiger partial charge is 0.399 e. The highest BCUT2D eigenvalue weighted by atomic mass is 15.3. The fourth-order valence-corrected chi connectivity index (χ4v) is 4.82. The molecular weight excluding hydrogens is 436 g/mol. The van der Waals surface area contributed by atoms with E-state index < -0.39 is 0 Å². The topological polar surface area (TPSA) is 88.1 Å². The normalized spacial score (nSPS) is 19.1. The van der Waals surface area contributed by atoms with Gasteiger partial charge in [-0.05, 0) is 43.0 Å². The number of allylic oxidation sites excluding steroid dienone is 2. The van der Waals surface area contributed by atoms with E-state index in [0.29, 0.717) is 0 Å². The van der Waals surface area contributed by atoms with Crippen LogP contribution in [0.4, 0.5) is 23.1 Å². The van der Waals surface area contributed by atoms with Crippen molar-refractivity contribution in [3.05, 3.63) is 53.9 Å². The molecule has 1 atom stereocenters. The van der Waals surface area contributed by atoms with Crippen molar-refractivity contribution in [2.75, 3.05) is 47.0 Å². The SMILES string of the molecule is CC1=CC=C(C(C)(C)C)CC1Nc1nc(N2CCN(c3ccc(N)cc3)CC2)nc2ncn(C)c12. The van der Waals surface area contributed by atoms with E-state index in [2.05, 4.69) is 72.1 Å². The van der Waals surface area contributed by atoms with Gasteiger partial charge < -0.3 is 25.4 Å². The monoisotopic (exact) mass is 472 g/mol. The van der Waals surface area contributed by atoms with Crippen LogP contribution in [0.15, 0.2) is 53.9 Å². The molecule has 1 unspecified atom stereocenters. The quantitative estimate of drug-likeness (QED) is 0.545. The molecule has 1 fully saturated rings. The minimum absolute atomic E-state index is 0.139. The lowest BCUT2D eigenvalue weighted by Gasteiger charge is -2.36. The van der Waals surface area contributed by atoms with Crippen LogP contribution in [0.2, 0.25) is 0 Å². The van der Waals surface area contributed by atoms with E-state index >= 15 is 0 Å². The van der Waals surface area contributed by atoms with Gasteiger partial charge in [0.2, 0.25) is 5.95 Å². The Bertz CT molecular complexity index is 1270. The van der Waals surface area contributed by atoms with Crippen LogP contribution in [0, 0.1) is 5.41 Å². The molecule has 0 bridgehead atoms. The van der Waals surface area contributed by atoms with E-state index in [1.165, 1.54) is 16.8 Å². The molecule has 1 aliphatic heterocycles. The van der Waals surface area contributed by atoms with Crippen LogP contribution in [0.25, 0.3) is 11.2 Å². The van der Waals surface area contributed by atoms with Crippen molar-refractivity contribution in [3.63, 3.8) is 0 Å². The summed E-state index contributed by atoms with van der Waals surface area (Å²) in [7, 11) is 2.00. The number of rotatable bonds is 4. The molecule has 1 aromatic carbocycles. The highest BCUT2D eigenvalue weighted by Gasteiger charge is 2.27. The molecule has 0 spiro atoms. The van der Waals surface area contributed by atoms with Crippen molar-refractivity contribution in [1.29, 1.82) is 0 Å². The van der Waals surface area contributed by atoms with E-state index in [9.17, 15) is 0 Å². The third kappa shape index (κ3) is 4.70. The second-order valence-corrected chi connectivity index (χ2v) is 10.7. The summed E-state index contributed by atoms with van der Waals surface area (Å²) in [6, 6.07) is 8.28. The zero-order valence-electron chi connectivity index (χ0n) is 21.4. The number of nitrogens with zero attached hydrogens (tertiary/aromatic N) is 6. The Labute approximate surface area is 207 Å². The van der Waals surface area contributed by atoms with Gasteiger partial charge in [-0.3, -0.25) is 0 Å². The molecule has 8 heteroatoms. The van der Waals surface area contributed by atoms with Gasteiger partial charge in [-0.15, -0.1) is 0 Å². The molecule has 2 aromatic heterocycles. The molecule has 1 aliphatic carbocycles. The van der Waals surface area contributed by atoms with Gasteiger partial charge in [0.1, 0.15) is 5.52 Å². The Balaban J connectivity index is 1.38. The van der Waals surface area contributed by atoms with Crippen molar-refractivity contribution in [2.24, 2.45) is 12.5 Å². The van der Waals surface area contributed by atoms with E-state index in [1.54, 1.807) is 0 Å². The summed E-state index contributed by atoms with van der Waals surface area (Å²) in [5, 5.41) is 3.75. The van der Waals surface area contributed by atoms with Crippen molar-refractivity contribution >= 4 is 34.3 Å². The number of nitrogens with one attached hydrogen (secondary N) is 1. The number of imidazole rings is 1. The standard InChI is InChI=1S/C27H36N8/c1-18-6-7-19(27(2,3)4)16-22(18)30-25-23-24(29-17-33(23)5)31-26(32-25)35-14-12-34(13-15-35)21-10-8-20(28)9-11-21/h6-11,17,22H,12-16,28H2,1-5H3,(H,30,31,32). The maximum absolute atomic E-state index is 5.86. The summed E-state index contributed by atoms with van der Waals surface area (Å²) in [5.74, 6) is 1.58. The average Bonchev–Trinajstić information content (AvgIpc) is 3.21. The Morgan fingerprint density at radius 1 is 0.971 bits per heavy atom. The third-order valence-electron chi connectivity index (χ3n) is 7.18. The maximum Gasteiger partial charge on any atom is 0.229 e. The Kier molecular flexibility index (Phi) is 5.91. The van der Waals surface area contributed by atoms with Gasteiger partial charge in [-0.1, -0.05) is 44.1 Å². The van der Waals surface area contributed by atoms with Crippen molar-refractivity contribution in [3.8, 4) is 0 Å². The lowest BCUT2D eigenvalue weighted by molar-refractivity contribution is 0.473. The second-order valence-electron chi connectivity index (χ2n) is 10.7. The van der Waals surface area contributed by atoms with Crippen LogP contribution in [-0.4, -0.2) is 51.7 Å². The zero-order chi connectivity index (χ0) is 24.7. The fourth-order valence-electron chi connectivity index (χ4n) is 4.82. The molecule has 0 saturated carbocycles. The van der Waals surface area contributed by atoms with Gasteiger partial charge in [-0.2, -0.15) is 9.97 Å². The highest BCUT2D eigenvalue weighted by molar-refractivity contribution is 5.85. The number of hydrogen-bond donors (Lipinski definition) is 2. The lowest BCUT2D eigenvalue weighted by Crippen LogP contribution is -2.47. The van der Waals surface area contributed by atoms with Crippen LogP contribution < -0.4 is 20.9 Å². The molecule has 184 valence electrons. The van der Waals surface area contributed by atoms with Gasteiger partial charge in [-0.25, -0.2) is 4.98 Å². The molecule has 1 saturated heterocycles. The van der Waals surface area contributed by atoms with Gasteiger partial charge in [0.15, 0.2) is 11.5 Å². The number of nitrogens with two attached hydrogens (primary N) is 1. The first-order chi connectivity index (χ1) is 16.7. The summed E-state index contributed by atoms with van der Waals surface area (Å²) in [5.41, 5.74) is 12.4. The third-order valence-corrected chi connectivity index (χ3v) is 7.18. The molecule has 3 N–H and O–H groups in total. The number of aromatic nitrogens is 4. The molecule has 0 radical (unpaired) electrons. The summed E-state index contributed by atoms with van der Waals surface area (Å²) < 4.78 is 2.00. The Morgan fingerprint density at radius 3 is 2.34 bits per heavy atom. The maximum atomic E-state index is 5.86. The number of aryl methyl sites for hydroxylation is 1. The van der Waals surface area contributed by atoms with Crippen LogP contribution in [0.1, 0.15) is 34.1 Å². The molecule has 2 aliphatic rings.